The predicted molar refractivity (Wildman–Crippen MR) is 107 cm³/mol. The normalized spacial score (nSPS) is 10.0. The van der Waals surface area contributed by atoms with Crippen LogP contribution in [-0.2, 0) is 0 Å². The zero-order chi connectivity index (χ0) is 21.5. The number of nitrogens with one attached hydrogen (secondary N) is 3. The third-order valence-electron chi connectivity index (χ3n) is 3.96. The molecule has 152 valence electrons. The standard InChI is InChI=1S/C21H18N4O5/c1-22-21(29)18-12-17(10-11-23-18)30-16-8-4-14(5-9-16)20(28)25-24-19(27)13-2-6-15(26)7-3-13/h2-12,26H,1H3,(H,22,29)(H,24,27)(H,25,28). The van der Waals surface area contributed by atoms with Crippen molar-refractivity contribution in [2.45, 2.75) is 0 Å². The smallest absolute Gasteiger partial charge is 0.269 e. The molecule has 0 aliphatic carbocycles. The van der Waals surface area contributed by atoms with Gasteiger partial charge in [0.1, 0.15) is 22.9 Å². The van der Waals surface area contributed by atoms with Gasteiger partial charge in [-0.05, 0) is 54.6 Å². The number of aromatic hydroxyl groups is 1. The molecule has 9 nitrogen and oxygen atoms in total. The molecule has 0 aliphatic rings. The van der Waals surface area contributed by atoms with Gasteiger partial charge in [0.25, 0.3) is 17.7 Å². The Bertz CT molecular complexity index is 1070. The number of phenolic OH excluding ortho intramolecular Hbond substituents is 1. The Labute approximate surface area is 171 Å². The highest BCUT2D eigenvalue weighted by molar-refractivity contribution is 5.99. The van der Waals surface area contributed by atoms with Crippen LogP contribution in [0.5, 0.6) is 17.2 Å². The number of carbonyl (C=O) groups is 3. The molecule has 4 N–H and O–H groups in total. The van der Waals surface area contributed by atoms with E-state index in [0.717, 1.165) is 0 Å². The fraction of sp³-hybridized carbons (Fsp3) is 0.0476. The Morgan fingerprint density at radius 3 is 1.93 bits per heavy atom. The number of pyridine rings is 1. The molecule has 0 saturated heterocycles. The number of hydrogen-bond donors (Lipinski definition) is 4. The molecule has 0 aliphatic heterocycles. The lowest BCUT2D eigenvalue weighted by atomic mass is 10.2. The van der Waals surface area contributed by atoms with E-state index in [1.165, 1.54) is 55.7 Å². The molecule has 0 atom stereocenters. The minimum Gasteiger partial charge on any atom is -0.508 e. The highest BCUT2D eigenvalue weighted by atomic mass is 16.5. The maximum Gasteiger partial charge on any atom is 0.269 e. The average Bonchev–Trinajstić information content (AvgIpc) is 2.78. The van der Waals surface area contributed by atoms with Crippen LogP contribution in [0.4, 0.5) is 0 Å². The lowest BCUT2D eigenvalue weighted by Gasteiger charge is -2.09. The molecule has 0 bridgehead atoms. The second-order valence-corrected chi connectivity index (χ2v) is 6.04. The summed E-state index contributed by atoms with van der Waals surface area (Å²) in [4.78, 5) is 39.8. The summed E-state index contributed by atoms with van der Waals surface area (Å²) in [5.74, 6) is -0.459. The summed E-state index contributed by atoms with van der Waals surface area (Å²) in [5, 5.41) is 11.7. The Balaban J connectivity index is 1.58. The summed E-state index contributed by atoms with van der Waals surface area (Å²) in [6.45, 7) is 0. The predicted octanol–water partition coefficient (Wildman–Crippen LogP) is 2.01. The number of nitrogens with zero attached hydrogens (tertiary/aromatic N) is 1. The summed E-state index contributed by atoms with van der Waals surface area (Å²) in [6.07, 6.45) is 1.46. The number of ether oxygens (including phenoxy) is 1. The van der Waals surface area contributed by atoms with Gasteiger partial charge < -0.3 is 15.2 Å². The third kappa shape index (κ3) is 5.10. The van der Waals surface area contributed by atoms with Crippen molar-refractivity contribution in [2.24, 2.45) is 0 Å². The molecule has 1 heterocycles. The first-order valence-corrected chi connectivity index (χ1v) is 8.82. The number of phenols is 1. The molecular weight excluding hydrogens is 388 g/mol. The molecule has 9 heteroatoms. The van der Waals surface area contributed by atoms with Crippen LogP contribution >= 0.6 is 0 Å². The number of rotatable bonds is 5. The van der Waals surface area contributed by atoms with Crippen LogP contribution in [0.15, 0.2) is 66.9 Å². The molecular formula is C21H18N4O5. The first kappa shape index (κ1) is 20.3. The second-order valence-electron chi connectivity index (χ2n) is 6.04. The van der Waals surface area contributed by atoms with Gasteiger partial charge in [-0.25, -0.2) is 0 Å². The SMILES string of the molecule is CNC(=O)c1cc(Oc2ccc(C(=O)NNC(=O)c3ccc(O)cc3)cc2)ccn1. The first-order valence-electron chi connectivity index (χ1n) is 8.82. The van der Waals surface area contributed by atoms with E-state index in [4.69, 9.17) is 4.74 Å². The fourth-order valence-corrected chi connectivity index (χ4v) is 2.41. The van der Waals surface area contributed by atoms with E-state index < -0.39 is 11.8 Å². The van der Waals surface area contributed by atoms with Crippen molar-refractivity contribution in [3.63, 3.8) is 0 Å². The number of carbonyl (C=O) groups excluding carboxylic acids is 3. The molecule has 0 fully saturated rings. The summed E-state index contributed by atoms with van der Waals surface area (Å²) >= 11 is 0. The van der Waals surface area contributed by atoms with Crippen LogP contribution < -0.4 is 20.9 Å². The van der Waals surface area contributed by atoms with Crippen molar-refractivity contribution >= 4 is 17.7 Å². The van der Waals surface area contributed by atoms with Crippen molar-refractivity contribution < 1.29 is 24.2 Å². The van der Waals surface area contributed by atoms with Gasteiger partial charge in [-0.1, -0.05) is 0 Å². The van der Waals surface area contributed by atoms with Gasteiger partial charge in [0.2, 0.25) is 0 Å². The third-order valence-corrected chi connectivity index (χ3v) is 3.96. The van der Waals surface area contributed by atoms with Gasteiger partial charge in [0.15, 0.2) is 0 Å². The Kier molecular flexibility index (Phi) is 6.23. The van der Waals surface area contributed by atoms with Gasteiger partial charge in [-0.15, -0.1) is 0 Å². The number of aromatic nitrogens is 1. The monoisotopic (exact) mass is 406 g/mol. The second kappa shape index (κ2) is 9.20. The zero-order valence-corrected chi connectivity index (χ0v) is 15.9. The molecule has 0 radical (unpaired) electrons. The van der Waals surface area contributed by atoms with Crippen molar-refractivity contribution in [1.82, 2.24) is 21.2 Å². The van der Waals surface area contributed by atoms with Crippen molar-refractivity contribution in [1.29, 1.82) is 0 Å². The molecule has 0 spiro atoms. The van der Waals surface area contributed by atoms with E-state index >= 15 is 0 Å². The summed E-state index contributed by atoms with van der Waals surface area (Å²) in [7, 11) is 1.51. The van der Waals surface area contributed by atoms with Crippen LogP contribution in [0.3, 0.4) is 0 Å². The van der Waals surface area contributed by atoms with E-state index in [1.54, 1.807) is 18.2 Å². The Morgan fingerprint density at radius 2 is 1.37 bits per heavy atom. The van der Waals surface area contributed by atoms with Crippen LogP contribution in [0.25, 0.3) is 0 Å². The average molecular weight is 406 g/mol. The molecule has 1 aromatic heterocycles. The van der Waals surface area contributed by atoms with E-state index in [0.29, 0.717) is 17.1 Å². The quantitative estimate of drug-likeness (QED) is 0.480. The first-order chi connectivity index (χ1) is 14.5. The molecule has 2 aromatic carbocycles. The number of hydrazine groups is 1. The largest absolute Gasteiger partial charge is 0.508 e. The molecule has 3 rings (SSSR count). The molecule has 0 unspecified atom stereocenters. The number of benzene rings is 2. The van der Waals surface area contributed by atoms with Crippen LogP contribution in [0.2, 0.25) is 0 Å². The maximum atomic E-state index is 12.2. The Morgan fingerprint density at radius 1 is 0.800 bits per heavy atom. The van der Waals surface area contributed by atoms with Gasteiger partial charge in [-0.2, -0.15) is 0 Å². The van der Waals surface area contributed by atoms with Gasteiger partial charge >= 0.3 is 0 Å². The molecule has 3 amide bonds. The van der Waals surface area contributed by atoms with Gasteiger partial charge in [0.05, 0.1) is 0 Å². The lowest BCUT2D eigenvalue weighted by molar-refractivity contribution is 0.0846. The van der Waals surface area contributed by atoms with Gasteiger partial charge in [0, 0.05) is 30.4 Å². The van der Waals surface area contributed by atoms with Crippen molar-refractivity contribution in [3.8, 4) is 17.2 Å². The minimum atomic E-state index is -0.520. The topological polar surface area (TPSA) is 130 Å². The molecule has 3 aromatic rings. The van der Waals surface area contributed by atoms with Crippen molar-refractivity contribution in [2.75, 3.05) is 7.05 Å². The minimum absolute atomic E-state index is 0.0366. The van der Waals surface area contributed by atoms with Crippen LogP contribution in [0.1, 0.15) is 31.2 Å². The lowest BCUT2D eigenvalue weighted by Crippen LogP contribution is -2.41. The summed E-state index contributed by atoms with van der Waals surface area (Å²) in [5.41, 5.74) is 5.41. The van der Waals surface area contributed by atoms with E-state index in [2.05, 4.69) is 21.2 Å². The number of hydrogen-bond acceptors (Lipinski definition) is 6. The summed E-state index contributed by atoms with van der Waals surface area (Å²) in [6, 6.07) is 14.9. The molecule has 30 heavy (non-hydrogen) atoms. The van der Waals surface area contributed by atoms with Gasteiger partial charge in [-0.3, -0.25) is 30.2 Å². The molecule has 0 saturated carbocycles. The van der Waals surface area contributed by atoms with Crippen molar-refractivity contribution in [3.05, 3.63) is 83.7 Å². The highest BCUT2D eigenvalue weighted by Gasteiger charge is 2.10. The van der Waals surface area contributed by atoms with E-state index in [1.807, 2.05) is 0 Å². The zero-order valence-electron chi connectivity index (χ0n) is 15.9. The van der Waals surface area contributed by atoms with Crippen LogP contribution in [-0.4, -0.2) is 34.9 Å². The number of amides is 3. The maximum absolute atomic E-state index is 12.2. The fourth-order valence-electron chi connectivity index (χ4n) is 2.41. The summed E-state index contributed by atoms with van der Waals surface area (Å²) < 4.78 is 5.67. The Hall–Kier alpha value is -4.40. The van der Waals surface area contributed by atoms with E-state index in [-0.39, 0.29) is 22.9 Å². The highest BCUT2D eigenvalue weighted by Crippen LogP contribution is 2.22. The van der Waals surface area contributed by atoms with E-state index in [9.17, 15) is 19.5 Å². The van der Waals surface area contributed by atoms with Crippen LogP contribution in [0, 0.1) is 0 Å².